The van der Waals surface area contributed by atoms with Gasteiger partial charge < -0.3 is 15.1 Å². The van der Waals surface area contributed by atoms with Crippen LogP contribution in [0.2, 0.25) is 0 Å². The Morgan fingerprint density at radius 2 is 2.22 bits per heavy atom. The molecule has 18 heavy (non-hydrogen) atoms. The molecule has 0 radical (unpaired) electrons. The van der Waals surface area contributed by atoms with Gasteiger partial charge in [-0.2, -0.15) is 5.10 Å². The number of hydrogen-bond acceptors (Lipinski definition) is 6. The van der Waals surface area contributed by atoms with E-state index in [-0.39, 0.29) is 0 Å². The molecule has 2 N–H and O–H groups in total. The van der Waals surface area contributed by atoms with E-state index in [0.29, 0.717) is 24.4 Å². The number of hydrogen-bond donors (Lipinski definition) is 2. The minimum Gasteiger partial charge on any atom is -0.406 e. The molecule has 7 heteroatoms. The zero-order chi connectivity index (χ0) is 13.0. The van der Waals surface area contributed by atoms with Crippen molar-refractivity contribution in [3.8, 4) is 0 Å². The van der Waals surface area contributed by atoms with Crippen molar-refractivity contribution in [1.29, 1.82) is 0 Å². The van der Waals surface area contributed by atoms with E-state index < -0.39 is 0 Å². The second kappa shape index (κ2) is 5.63. The van der Waals surface area contributed by atoms with E-state index >= 15 is 0 Å². The minimum absolute atomic E-state index is 0.379. The van der Waals surface area contributed by atoms with Crippen LogP contribution in [0.4, 0.5) is 11.7 Å². The Bertz CT molecular complexity index is 489. The zero-order valence-corrected chi connectivity index (χ0v) is 10.8. The van der Waals surface area contributed by atoms with Crippen LogP contribution in [-0.4, -0.2) is 26.5 Å². The van der Waals surface area contributed by atoms with Crippen molar-refractivity contribution in [3.63, 3.8) is 0 Å². The molecule has 2 heterocycles. The standard InChI is InChI=1S/C11H18N6O/c1-8(2)4-12-6-10-15-16-11(18-10)14-9-5-13-17(3)7-9/h5,7-8,12H,4,6H2,1-3H3,(H,14,16). The molecule has 0 unspecified atom stereocenters. The first kappa shape index (κ1) is 12.6. The van der Waals surface area contributed by atoms with Crippen molar-refractivity contribution < 1.29 is 4.42 Å². The fraction of sp³-hybridized carbons (Fsp3) is 0.545. The van der Waals surface area contributed by atoms with Crippen LogP contribution < -0.4 is 10.6 Å². The predicted molar refractivity (Wildman–Crippen MR) is 67.3 cm³/mol. The molecular weight excluding hydrogens is 232 g/mol. The molecule has 2 aromatic heterocycles. The van der Waals surface area contributed by atoms with Gasteiger partial charge in [-0.15, -0.1) is 5.10 Å². The summed E-state index contributed by atoms with van der Waals surface area (Å²) in [6.07, 6.45) is 3.53. The van der Waals surface area contributed by atoms with Crippen LogP contribution in [0.5, 0.6) is 0 Å². The Morgan fingerprint density at radius 1 is 1.39 bits per heavy atom. The van der Waals surface area contributed by atoms with Gasteiger partial charge in [-0.05, 0) is 12.5 Å². The van der Waals surface area contributed by atoms with Crippen molar-refractivity contribution in [3.05, 3.63) is 18.3 Å². The zero-order valence-electron chi connectivity index (χ0n) is 10.8. The number of aromatic nitrogens is 4. The third-order valence-electron chi connectivity index (χ3n) is 2.25. The van der Waals surface area contributed by atoms with E-state index in [4.69, 9.17) is 4.42 Å². The Morgan fingerprint density at radius 3 is 2.89 bits per heavy atom. The molecular formula is C11H18N6O. The second-order valence-electron chi connectivity index (χ2n) is 4.55. The fourth-order valence-corrected chi connectivity index (χ4v) is 1.45. The smallest absolute Gasteiger partial charge is 0.320 e. The summed E-state index contributed by atoms with van der Waals surface area (Å²) in [5.74, 6) is 1.17. The summed E-state index contributed by atoms with van der Waals surface area (Å²) in [4.78, 5) is 0. The molecule has 0 fully saturated rings. The molecule has 2 aromatic rings. The van der Waals surface area contributed by atoms with Crippen LogP contribution in [-0.2, 0) is 13.6 Å². The normalized spacial score (nSPS) is 11.1. The highest BCUT2D eigenvalue weighted by atomic mass is 16.4. The monoisotopic (exact) mass is 250 g/mol. The highest BCUT2D eigenvalue weighted by Crippen LogP contribution is 2.13. The lowest BCUT2D eigenvalue weighted by Crippen LogP contribution is -2.19. The van der Waals surface area contributed by atoms with Gasteiger partial charge in [0.25, 0.3) is 0 Å². The van der Waals surface area contributed by atoms with Crippen molar-refractivity contribution >= 4 is 11.7 Å². The van der Waals surface area contributed by atoms with Crippen LogP contribution in [0.25, 0.3) is 0 Å². The predicted octanol–water partition coefficient (Wildman–Crippen LogP) is 1.29. The highest BCUT2D eigenvalue weighted by Gasteiger charge is 2.06. The number of aryl methyl sites for hydroxylation is 1. The second-order valence-corrected chi connectivity index (χ2v) is 4.55. The van der Waals surface area contributed by atoms with Crippen molar-refractivity contribution in [1.82, 2.24) is 25.3 Å². The Balaban J connectivity index is 1.86. The van der Waals surface area contributed by atoms with Crippen LogP contribution >= 0.6 is 0 Å². The molecule has 0 amide bonds. The van der Waals surface area contributed by atoms with Crippen LogP contribution in [0.15, 0.2) is 16.8 Å². The topological polar surface area (TPSA) is 80.8 Å². The van der Waals surface area contributed by atoms with Crippen LogP contribution in [0, 0.1) is 5.92 Å². The van der Waals surface area contributed by atoms with Gasteiger partial charge in [0.1, 0.15) is 0 Å². The lowest BCUT2D eigenvalue weighted by atomic mass is 10.2. The van der Waals surface area contributed by atoms with Crippen molar-refractivity contribution in [2.45, 2.75) is 20.4 Å². The van der Waals surface area contributed by atoms with E-state index in [2.05, 4.69) is 39.8 Å². The summed E-state index contributed by atoms with van der Waals surface area (Å²) in [5.41, 5.74) is 0.822. The summed E-state index contributed by atoms with van der Waals surface area (Å²) in [6.45, 7) is 5.81. The average Bonchev–Trinajstić information content (AvgIpc) is 2.89. The molecule has 0 aliphatic carbocycles. The summed E-state index contributed by atoms with van der Waals surface area (Å²) >= 11 is 0. The third-order valence-corrected chi connectivity index (χ3v) is 2.25. The van der Waals surface area contributed by atoms with Crippen LogP contribution in [0.3, 0.4) is 0 Å². The summed E-state index contributed by atoms with van der Waals surface area (Å²) in [5, 5.41) is 18.1. The van der Waals surface area contributed by atoms with Gasteiger partial charge in [0.05, 0.1) is 18.4 Å². The maximum atomic E-state index is 5.45. The fourth-order valence-electron chi connectivity index (χ4n) is 1.45. The summed E-state index contributed by atoms with van der Waals surface area (Å²) in [6, 6.07) is 0.379. The molecule has 0 aliphatic heterocycles. The number of rotatable bonds is 6. The van der Waals surface area contributed by atoms with Crippen molar-refractivity contribution in [2.75, 3.05) is 11.9 Å². The molecule has 0 aromatic carbocycles. The average molecular weight is 250 g/mol. The first-order chi connectivity index (χ1) is 8.63. The maximum absolute atomic E-state index is 5.45. The SMILES string of the molecule is CC(C)CNCc1nnc(Nc2cnn(C)c2)o1. The van der Waals surface area contributed by atoms with Gasteiger partial charge in [-0.3, -0.25) is 4.68 Å². The first-order valence-electron chi connectivity index (χ1n) is 5.92. The molecule has 98 valence electrons. The largest absolute Gasteiger partial charge is 0.406 e. The van der Waals surface area contributed by atoms with Gasteiger partial charge in [0, 0.05) is 13.2 Å². The van der Waals surface area contributed by atoms with E-state index in [1.165, 1.54) is 0 Å². The molecule has 0 bridgehead atoms. The first-order valence-corrected chi connectivity index (χ1v) is 5.92. The molecule has 2 rings (SSSR count). The molecule has 0 aliphatic rings. The van der Waals surface area contributed by atoms with E-state index in [0.717, 1.165) is 12.2 Å². The van der Waals surface area contributed by atoms with E-state index in [1.807, 2.05) is 13.2 Å². The molecule has 0 atom stereocenters. The minimum atomic E-state index is 0.379. The lowest BCUT2D eigenvalue weighted by molar-refractivity contribution is 0.460. The molecule has 0 saturated carbocycles. The van der Waals surface area contributed by atoms with Crippen LogP contribution in [0.1, 0.15) is 19.7 Å². The van der Waals surface area contributed by atoms with Gasteiger partial charge in [0.15, 0.2) is 0 Å². The Labute approximate surface area is 106 Å². The van der Waals surface area contributed by atoms with Crippen molar-refractivity contribution in [2.24, 2.45) is 13.0 Å². The third kappa shape index (κ3) is 3.56. The Kier molecular flexibility index (Phi) is 3.93. The van der Waals surface area contributed by atoms with E-state index in [1.54, 1.807) is 10.9 Å². The van der Waals surface area contributed by atoms with E-state index in [9.17, 15) is 0 Å². The maximum Gasteiger partial charge on any atom is 0.320 e. The summed E-state index contributed by atoms with van der Waals surface area (Å²) in [7, 11) is 1.85. The lowest BCUT2D eigenvalue weighted by Gasteiger charge is -2.03. The number of anilines is 2. The number of nitrogens with one attached hydrogen (secondary N) is 2. The number of nitrogens with zero attached hydrogens (tertiary/aromatic N) is 4. The molecule has 0 spiro atoms. The van der Waals surface area contributed by atoms with Gasteiger partial charge in [-0.25, -0.2) is 0 Å². The molecule has 0 saturated heterocycles. The quantitative estimate of drug-likeness (QED) is 0.804. The highest BCUT2D eigenvalue weighted by molar-refractivity contribution is 5.48. The van der Waals surface area contributed by atoms with Gasteiger partial charge >= 0.3 is 6.01 Å². The van der Waals surface area contributed by atoms with Gasteiger partial charge in [-0.1, -0.05) is 18.9 Å². The summed E-state index contributed by atoms with van der Waals surface area (Å²) < 4.78 is 7.14. The van der Waals surface area contributed by atoms with Gasteiger partial charge in [0.2, 0.25) is 5.89 Å². The Hall–Kier alpha value is -1.89. The molecule has 7 nitrogen and oxygen atoms in total.